The maximum absolute atomic E-state index is 13.0. The van der Waals surface area contributed by atoms with Crippen molar-refractivity contribution in [3.63, 3.8) is 0 Å². The molecule has 0 saturated carbocycles. The average Bonchev–Trinajstić information content (AvgIpc) is 3.17. The van der Waals surface area contributed by atoms with Gasteiger partial charge < -0.3 is 14.5 Å². The lowest BCUT2D eigenvalue weighted by atomic mass is 10.1. The van der Waals surface area contributed by atoms with Crippen LogP contribution in [0.3, 0.4) is 0 Å². The van der Waals surface area contributed by atoms with Crippen LogP contribution in [0.1, 0.15) is 12.5 Å². The molecular formula is C20H20FN3O3S. The molecule has 1 aromatic heterocycles. The summed E-state index contributed by atoms with van der Waals surface area (Å²) in [6.45, 7) is 2.30. The minimum absolute atomic E-state index is 0.111. The van der Waals surface area contributed by atoms with Crippen molar-refractivity contribution in [1.82, 2.24) is 15.5 Å². The van der Waals surface area contributed by atoms with Gasteiger partial charge in [0.05, 0.1) is 12.4 Å². The summed E-state index contributed by atoms with van der Waals surface area (Å²) in [6, 6.07) is 13.5. The number of amides is 1. The Kier molecular flexibility index (Phi) is 6.65. The van der Waals surface area contributed by atoms with E-state index < -0.39 is 5.25 Å². The predicted molar refractivity (Wildman–Crippen MR) is 105 cm³/mol. The van der Waals surface area contributed by atoms with Crippen molar-refractivity contribution in [2.45, 2.75) is 23.8 Å². The molecule has 0 spiro atoms. The molecule has 0 unspecified atom stereocenters. The van der Waals surface area contributed by atoms with Gasteiger partial charge in [-0.25, -0.2) is 4.39 Å². The normalized spacial score (nSPS) is 11.8. The molecule has 6 nitrogen and oxygen atoms in total. The van der Waals surface area contributed by atoms with Crippen molar-refractivity contribution < 1.29 is 18.3 Å². The Morgan fingerprint density at radius 3 is 2.57 bits per heavy atom. The van der Waals surface area contributed by atoms with Crippen LogP contribution in [0.5, 0.6) is 5.75 Å². The maximum atomic E-state index is 13.0. The Labute approximate surface area is 166 Å². The Bertz CT molecular complexity index is 913. The molecule has 0 fully saturated rings. The van der Waals surface area contributed by atoms with Gasteiger partial charge in [-0.15, -0.1) is 10.2 Å². The number of ether oxygens (including phenoxy) is 1. The van der Waals surface area contributed by atoms with Crippen LogP contribution in [0, 0.1) is 5.82 Å². The molecular weight excluding hydrogens is 381 g/mol. The average molecular weight is 401 g/mol. The quantitative estimate of drug-likeness (QED) is 0.580. The Balaban J connectivity index is 1.48. The lowest BCUT2D eigenvalue weighted by Gasteiger charge is -2.10. The molecule has 0 radical (unpaired) electrons. The number of nitrogens with one attached hydrogen (secondary N) is 1. The standard InChI is InChI=1S/C20H20FN3O3S/c1-13(18(25)22-12-11-14-3-9-17(26-2)10-4-14)28-20-24-23-19(27-20)15-5-7-16(21)8-6-15/h3-10,13H,11-12H2,1-2H3,(H,22,25)/t13-/m0/s1. The first kappa shape index (κ1) is 19.9. The summed E-state index contributed by atoms with van der Waals surface area (Å²) in [7, 11) is 1.63. The number of benzene rings is 2. The zero-order valence-corrected chi connectivity index (χ0v) is 16.3. The van der Waals surface area contributed by atoms with Crippen LogP contribution in [-0.4, -0.2) is 35.0 Å². The molecule has 3 rings (SSSR count). The summed E-state index contributed by atoms with van der Waals surface area (Å²) < 4.78 is 23.7. The van der Waals surface area contributed by atoms with E-state index in [1.165, 1.54) is 23.9 Å². The summed E-state index contributed by atoms with van der Waals surface area (Å²) in [5.41, 5.74) is 1.74. The van der Waals surface area contributed by atoms with Crippen molar-refractivity contribution in [2.75, 3.05) is 13.7 Å². The molecule has 1 atom stereocenters. The number of aromatic nitrogens is 2. The molecule has 0 aliphatic carbocycles. The van der Waals surface area contributed by atoms with E-state index in [-0.39, 0.29) is 22.8 Å². The highest BCUT2D eigenvalue weighted by molar-refractivity contribution is 8.00. The van der Waals surface area contributed by atoms with Gasteiger partial charge >= 0.3 is 0 Å². The van der Waals surface area contributed by atoms with Gasteiger partial charge in [0.2, 0.25) is 11.8 Å². The maximum Gasteiger partial charge on any atom is 0.277 e. The topological polar surface area (TPSA) is 77.2 Å². The largest absolute Gasteiger partial charge is 0.497 e. The van der Waals surface area contributed by atoms with E-state index in [9.17, 15) is 9.18 Å². The van der Waals surface area contributed by atoms with Gasteiger partial charge in [0.25, 0.3) is 5.22 Å². The molecule has 28 heavy (non-hydrogen) atoms. The Hall–Kier alpha value is -2.87. The zero-order valence-electron chi connectivity index (χ0n) is 15.5. The highest BCUT2D eigenvalue weighted by atomic mass is 32.2. The van der Waals surface area contributed by atoms with E-state index >= 15 is 0 Å². The van der Waals surface area contributed by atoms with Crippen LogP contribution in [0.25, 0.3) is 11.5 Å². The fourth-order valence-corrected chi connectivity index (χ4v) is 3.15. The number of thioether (sulfide) groups is 1. The second kappa shape index (κ2) is 9.36. The van der Waals surface area contributed by atoms with Gasteiger partial charge in [0, 0.05) is 12.1 Å². The molecule has 1 amide bonds. The lowest BCUT2D eigenvalue weighted by molar-refractivity contribution is -0.120. The van der Waals surface area contributed by atoms with Crippen molar-refractivity contribution in [3.05, 3.63) is 59.9 Å². The van der Waals surface area contributed by atoms with E-state index in [0.29, 0.717) is 12.1 Å². The fourth-order valence-electron chi connectivity index (χ4n) is 2.44. The van der Waals surface area contributed by atoms with Gasteiger partial charge in [-0.2, -0.15) is 0 Å². The molecule has 0 bridgehead atoms. The summed E-state index contributed by atoms with van der Waals surface area (Å²) >= 11 is 1.18. The van der Waals surface area contributed by atoms with Crippen LogP contribution < -0.4 is 10.1 Å². The molecule has 0 saturated heterocycles. The molecule has 146 valence electrons. The van der Waals surface area contributed by atoms with Crippen LogP contribution in [0.15, 0.2) is 58.2 Å². The first-order chi connectivity index (χ1) is 13.5. The SMILES string of the molecule is COc1ccc(CCNC(=O)[C@H](C)Sc2nnc(-c3ccc(F)cc3)o2)cc1. The van der Waals surface area contributed by atoms with Crippen LogP contribution in [0.4, 0.5) is 4.39 Å². The van der Waals surface area contributed by atoms with Crippen molar-refractivity contribution in [3.8, 4) is 17.2 Å². The summed E-state index contributed by atoms with van der Waals surface area (Å²) in [5, 5.41) is 10.7. The van der Waals surface area contributed by atoms with Crippen LogP contribution in [-0.2, 0) is 11.2 Å². The Morgan fingerprint density at radius 2 is 1.89 bits per heavy atom. The van der Waals surface area contributed by atoms with Gasteiger partial charge in [0.15, 0.2) is 0 Å². The molecule has 3 aromatic rings. The molecule has 0 aliphatic heterocycles. The second-order valence-corrected chi connectivity index (χ2v) is 7.32. The van der Waals surface area contributed by atoms with Crippen molar-refractivity contribution >= 4 is 17.7 Å². The number of rotatable bonds is 8. The summed E-state index contributed by atoms with van der Waals surface area (Å²) in [6.07, 6.45) is 0.725. The molecule has 2 aromatic carbocycles. The Morgan fingerprint density at radius 1 is 1.18 bits per heavy atom. The van der Waals surface area contributed by atoms with E-state index in [0.717, 1.165) is 17.7 Å². The minimum atomic E-state index is -0.391. The van der Waals surface area contributed by atoms with Gasteiger partial charge in [0.1, 0.15) is 11.6 Å². The van der Waals surface area contributed by atoms with Crippen molar-refractivity contribution in [2.24, 2.45) is 0 Å². The monoisotopic (exact) mass is 401 g/mol. The molecule has 1 N–H and O–H groups in total. The lowest BCUT2D eigenvalue weighted by Crippen LogP contribution is -2.32. The van der Waals surface area contributed by atoms with E-state index in [1.807, 2.05) is 24.3 Å². The van der Waals surface area contributed by atoms with Crippen LogP contribution in [0.2, 0.25) is 0 Å². The third-order valence-electron chi connectivity index (χ3n) is 4.02. The number of methoxy groups -OCH3 is 1. The second-order valence-electron chi connectivity index (χ2n) is 6.03. The highest BCUT2D eigenvalue weighted by Gasteiger charge is 2.18. The first-order valence-electron chi connectivity index (χ1n) is 8.72. The van der Waals surface area contributed by atoms with E-state index in [2.05, 4.69) is 15.5 Å². The third kappa shape index (κ3) is 5.32. The first-order valence-corrected chi connectivity index (χ1v) is 9.60. The molecule has 1 heterocycles. The number of hydrogen-bond donors (Lipinski definition) is 1. The van der Waals surface area contributed by atoms with Crippen molar-refractivity contribution in [1.29, 1.82) is 0 Å². The number of hydrogen-bond acceptors (Lipinski definition) is 6. The number of carbonyl (C=O) groups is 1. The number of nitrogens with zero attached hydrogens (tertiary/aromatic N) is 2. The number of carbonyl (C=O) groups excluding carboxylic acids is 1. The smallest absolute Gasteiger partial charge is 0.277 e. The summed E-state index contributed by atoms with van der Waals surface area (Å²) in [5.74, 6) is 0.643. The molecule has 0 aliphatic rings. The van der Waals surface area contributed by atoms with Gasteiger partial charge in [-0.3, -0.25) is 4.79 Å². The van der Waals surface area contributed by atoms with Crippen LogP contribution >= 0.6 is 11.8 Å². The summed E-state index contributed by atoms with van der Waals surface area (Å²) in [4.78, 5) is 12.3. The number of halogens is 1. The fraction of sp³-hybridized carbons (Fsp3) is 0.250. The van der Waals surface area contributed by atoms with Gasteiger partial charge in [-0.05, 0) is 55.3 Å². The molecule has 8 heteroatoms. The highest BCUT2D eigenvalue weighted by Crippen LogP contribution is 2.26. The van der Waals surface area contributed by atoms with Gasteiger partial charge in [-0.1, -0.05) is 23.9 Å². The zero-order chi connectivity index (χ0) is 19.9. The predicted octanol–water partition coefficient (Wildman–Crippen LogP) is 3.72. The minimum Gasteiger partial charge on any atom is -0.497 e. The third-order valence-corrected chi connectivity index (χ3v) is 4.95. The van der Waals surface area contributed by atoms with E-state index in [4.69, 9.17) is 9.15 Å². The van der Waals surface area contributed by atoms with E-state index in [1.54, 1.807) is 26.2 Å².